The van der Waals surface area contributed by atoms with Gasteiger partial charge in [0, 0.05) is 41.8 Å². The van der Waals surface area contributed by atoms with Crippen LogP contribution in [0.5, 0.6) is 0 Å². The summed E-state index contributed by atoms with van der Waals surface area (Å²) in [6.45, 7) is 4.14. The van der Waals surface area contributed by atoms with Crippen LogP contribution in [0.2, 0.25) is 0 Å². The molecular formula is C9H14N2O2S2. The van der Waals surface area contributed by atoms with Gasteiger partial charge in [-0.3, -0.25) is 9.59 Å². The first kappa shape index (κ1) is 12.4. The molecule has 0 aromatic heterocycles. The van der Waals surface area contributed by atoms with Gasteiger partial charge in [-0.25, -0.2) is 0 Å². The van der Waals surface area contributed by atoms with Gasteiger partial charge in [0.05, 0.1) is 0 Å². The van der Waals surface area contributed by atoms with Crippen LogP contribution in [0.4, 0.5) is 0 Å². The monoisotopic (exact) mass is 246 g/mol. The van der Waals surface area contributed by atoms with Crippen LogP contribution in [0.15, 0.2) is 9.81 Å². The number of amides is 2. The summed E-state index contributed by atoms with van der Waals surface area (Å²) < 4.78 is 0. The van der Waals surface area contributed by atoms with Crippen LogP contribution in [0.3, 0.4) is 0 Å². The van der Waals surface area contributed by atoms with Crippen molar-refractivity contribution >= 4 is 35.3 Å². The first-order chi connectivity index (χ1) is 7.09. The minimum atomic E-state index is -0.0288. The predicted molar refractivity (Wildman–Crippen MR) is 64.4 cm³/mol. The van der Waals surface area contributed by atoms with Crippen molar-refractivity contribution < 1.29 is 9.59 Å². The van der Waals surface area contributed by atoms with E-state index in [0.717, 1.165) is 14.9 Å². The van der Waals surface area contributed by atoms with Crippen LogP contribution in [0.25, 0.3) is 0 Å². The highest BCUT2D eigenvalue weighted by Gasteiger charge is 2.16. The van der Waals surface area contributed by atoms with Gasteiger partial charge < -0.3 is 10.6 Å². The fourth-order valence-corrected chi connectivity index (χ4v) is 3.58. The molecule has 1 heterocycles. The zero-order valence-electron chi connectivity index (χ0n) is 8.75. The number of hydrogen-bond donors (Lipinski definition) is 2. The Morgan fingerprint density at radius 3 is 1.80 bits per heavy atom. The molecule has 0 bridgehead atoms. The maximum atomic E-state index is 10.8. The molecule has 0 saturated heterocycles. The molecule has 0 aliphatic carbocycles. The van der Waals surface area contributed by atoms with Gasteiger partial charge in [0.25, 0.3) is 0 Å². The SMILES string of the molecule is CC(=O)NCC1=C(CNC(C)=O)SCS1. The second-order valence-corrected chi connectivity index (χ2v) is 5.58. The quantitative estimate of drug-likeness (QED) is 0.774. The van der Waals surface area contributed by atoms with Gasteiger partial charge in [-0.1, -0.05) is 0 Å². The Labute approximate surface area is 97.6 Å². The minimum absolute atomic E-state index is 0.0288. The van der Waals surface area contributed by atoms with Crippen molar-refractivity contribution in [1.29, 1.82) is 0 Å². The lowest BCUT2D eigenvalue weighted by Gasteiger charge is -2.06. The van der Waals surface area contributed by atoms with Crippen LogP contribution >= 0.6 is 23.5 Å². The highest BCUT2D eigenvalue weighted by Crippen LogP contribution is 2.38. The topological polar surface area (TPSA) is 58.2 Å². The molecule has 0 aromatic carbocycles. The van der Waals surface area contributed by atoms with E-state index in [2.05, 4.69) is 10.6 Å². The van der Waals surface area contributed by atoms with Crippen LogP contribution in [0, 0.1) is 0 Å². The standard InChI is InChI=1S/C9H14N2O2S2/c1-6(12)10-3-8-9(15-5-14-8)4-11-7(2)13/h3-5H2,1-2H3,(H,10,12)(H,11,13). The molecule has 2 amide bonds. The van der Waals surface area contributed by atoms with Crippen molar-refractivity contribution in [3.8, 4) is 0 Å². The Morgan fingerprint density at radius 1 is 1.07 bits per heavy atom. The van der Waals surface area contributed by atoms with Crippen molar-refractivity contribution in [1.82, 2.24) is 10.6 Å². The maximum absolute atomic E-state index is 10.8. The van der Waals surface area contributed by atoms with Crippen LogP contribution in [-0.4, -0.2) is 30.0 Å². The second kappa shape index (κ2) is 6.07. The van der Waals surface area contributed by atoms with E-state index in [9.17, 15) is 9.59 Å². The Bertz CT molecular complexity index is 274. The van der Waals surface area contributed by atoms with Crippen molar-refractivity contribution in [3.63, 3.8) is 0 Å². The summed E-state index contributed by atoms with van der Waals surface area (Å²) in [7, 11) is 0. The summed E-state index contributed by atoms with van der Waals surface area (Å²) in [5.74, 6) is -0.0576. The van der Waals surface area contributed by atoms with Crippen molar-refractivity contribution in [2.24, 2.45) is 0 Å². The zero-order chi connectivity index (χ0) is 11.3. The lowest BCUT2D eigenvalue weighted by atomic mass is 10.4. The molecule has 4 nitrogen and oxygen atoms in total. The number of nitrogens with one attached hydrogen (secondary N) is 2. The molecule has 0 aromatic rings. The molecule has 0 unspecified atom stereocenters. The molecule has 0 spiro atoms. The van der Waals surface area contributed by atoms with Gasteiger partial charge >= 0.3 is 0 Å². The smallest absolute Gasteiger partial charge is 0.217 e. The van der Waals surface area contributed by atoms with Crippen LogP contribution in [0.1, 0.15) is 13.8 Å². The zero-order valence-corrected chi connectivity index (χ0v) is 10.4. The predicted octanol–water partition coefficient (Wildman–Crippen LogP) is 0.908. The fraction of sp³-hybridized carbons (Fsp3) is 0.556. The first-order valence-electron chi connectivity index (χ1n) is 4.56. The number of thioether (sulfide) groups is 2. The molecule has 0 radical (unpaired) electrons. The minimum Gasteiger partial charge on any atom is -0.352 e. The van der Waals surface area contributed by atoms with Gasteiger partial charge in [-0.05, 0) is 0 Å². The molecule has 0 fully saturated rings. The Hall–Kier alpha value is -0.620. The molecule has 0 saturated carbocycles. The summed E-state index contributed by atoms with van der Waals surface area (Å²) in [6, 6.07) is 0. The number of rotatable bonds is 4. The van der Waals surface area contributed by atoms with Gasteiger partial charge in [0.2, 0.25) is 11.8 Å². The second-order valence-electron chi connectivity index (χ2n) is 3.07. The van der Waals surface area contributed by atoms with Gasteiger partial charge in [0.15, 0.2) is 0 Å². The molecule has 84 valence electrons. The van der Waals surface area contributed by atoms with Gasteiger partial charge in [0.1, 0.15) is 0 Å². The van der Waals surface area contributed by atoms with Crippen molar-refractivity contribution in [3.05, 3.63) is 9.81 Å². The Balaban J connectivity index is 2.46. The Kier molecular flexibility index (Phi) is 5.04. The third kappa shape index (κ3) is 4.61. The summed E-state index contributed by atoms with van der Waals surface area (Å²) >= 11 is 3.44. The third-order valence-electron chi connectivity index (χ3n) is 1.77. The van der Waals surface area contributed by atoms with Crippen LogP contribution < -0.4 is 10.6 Å². The van der Waals surface area contributed by atoms with E-state index in [1.807, 2.05) is 0 Å². The van der Waals surface area contributed by atoms with Crippen LogP contribution in [-0.2, 0) is 9.59 Å². The lowest BCUT2D eigenvalue weighted by Crippen LogP contribution is -2.24. The highest BCUT2D eigenvalue weighted by atomic mass is 32.2. The summed E-state index contributed by atoms with van der Waals surface area (Å²) in [5.41, 5.74) is 0. The number of hydrogen-bond acceptors (Lipinski definition) is 4. The average molecular weight is 246 g/mol. The van der Waals surface area contributed by atoms with E-state index in [1.165, 1.54) is 13.8 Å². The van der Waals surface area contributed by atoms with E-state index >= 15 is 0 Å². The first-order valence-corrected chi connectivity index (χ1v) is 6.53. The van der Waals surface area contributed by atoms with Crippen molar-refractivity contribution in [2.75, 3.05) is 18.2 Å². The van der Waals surface area contributed by atoms with E-state index in [4.69, 9.17) is 0 Å². The van der Waals surface area contributed by atoms with E-state index in [1.54, 1.807) is 23.5 Å². The number of carbonyl (C=O) groups excluding carboxylic acids is 2. The average Bonchev–Trinajstić information content (AvgIpc) is 2.58. The summed E-state index contributed by atoms with van der Waals surface area (Å²) in [6.07, 6.45) is 0. The highest BCUT2D eigenvalue weighted by molar-refractivity contribution is 8.22. The fourth-order valence-electron chi connectivity index (χ4n) is 1.04. The van der Waals surface area contributed by atoms with Gasteiger partial charge in [-0.15, -0.1) is 23.5 Å². The van der Waals surface area contributed by atoms with Crippen molar-refractivity contribution in [2.45, 2.75) is 13.8 Å². The van der Waals surface area contributed by atoms with E-state index in [0.29, 0.717) is 13.1 Å². The molecule has 6 heteroatoms. The van der Waals surface area contributed by atoms with E-state index < -0.39 is 0 Å². The molecule has 1 aliphatic heterocycles. The maximum Gasteiger partial charge on any atom is 0.217 e. The normalized spacial score (nSPS) is 15.3. The van der Waals surface area contributed by atoms with Gasteiger partial charge in [-0.2, -0.15) is 0 Å². The Morgan fingerprint density at radius 2 is 1.47 bits per heavy atom. The molecule has 2 N–H and O–H groups in total. The molecular weight excluding hydrogens is 232 g/mol. The molecule has 0 atom stereocenters. The summed E-state index contributed by atoms with van der Waals surface area (Å²) in [4.78, 5) is 23.8. The lowest BCUT2D eigenvalue weighted by molar-refractivity contribution is -0.119. The molecule has 1 aliphatic rings. The largest absolute Gasteiger partial charge is 0.352 e. The number of carbonyl (C=O) groups is 2. The molecule has 1 rings (SSSR count). The summed E-state index contributed by atoms with van der Waals surface area (Å²) in [5, 5.41) is 6.48. The van der Waals surface area contributed by atoms with E-state index in [-0.39, 0.29) is 11.8 Å². The molecule has 15 heavy (non-hydrogen) atoms. The third-order valence-corrected chi connectivity index (χ3v) is 4.32.